The average Bonchev–Trinajstić information content (AvgIpc) is 2.75. The summed E-state index contributed by atoms with van der Waals surface area (Å²) in [4.78, 5) is 11.8. The third-order valence-corrected chi connectivity index (χ3v) is 3.44. The Morgan fingerprint density at radius 1 is 1.12 bits per heavy atom. The van der Waals surface area contributed by atoms with Gasteiger partial charge in [0.2, 0.25) is 0 Å². The molecule has 5 nitrogen and oxygen atoms in total. The van der Waals surface area contributed by atoms with Gasteiger partial charge >= 0.3 is 0 Å². The van der Waals surface area contributed by atoms with Crippen LogP contribution in [-0.4, -0.2) is 25.1 Å². The van der Waals surface area contributed by atoms with E-state index in [1.54, 1.807) is 0 Å². The summed E-state index contributed by atoms with van der Waals surface area (Å²) in [5, 5.41) is 6.63. The fourth-order valence-corrected chi connectivity index (χ4v) is 2.54. The molecule has 0 spiro atoms. The van der Waals surface area contributed by atoms with Crippen molar-refractivity contribution in [1.82, 2.24) is 25.1 Å². The van der Waals surface area contributed by atoms with Gasteiger partial charge in [-0.2, -0.15) is 5.10 Å². The summed E-state index contributed by atoms with van der Waals surface area (Å²) in [5.74, 6) is 1.33. The van der Waals surface area contributed by atoms with Gasteiger partial charge in [0.05, 0.1) is 0 Å². The second-order valence-corrected chi connectivity index (χ2v) is 4.63. The molecule has 2 aromatic heterocycles. The third kappa shape index (κ3) is 2.00. The van der Waals surface area contributed by atoms with Crippen LogP contribution in [0.15, 0.2) is 6.33 Å². The highest BCUT2D eigenvalue weighted by molar-refractivity contribution is 7.71. The second-order valence-electron chi connectivity index (χ2n) is 4.24. The minimum Gasteiger partial charge on any atom is -0.340 e. The maximum atomic E-state index is 5.37. The lowest BCUT2D eigenvalue weighted by molar-refractivity contribution is 0.708. The highest BCUT2D eigenvalue weighted by atomic mass is 32.1. The van der Waals surface area contributed by atoms with Gasteiger partial charge < -0.3 is 4.98 Å². The molecule has 0 bridgehead atoms. The maximum Gasteiger partial charge on any atom is 0.191 e. The predicted octanol–water partition coefficient (Wildman–Crippen LogP) is 2.19. The Kier molecular flexibility index (Phi) is 2.72. The Hall–Kier alpha value is -1.56. The van der Waals surface area contributed by atoms with E-state index in [1.165, 1.54) is 36.8 Å². The van der Waals surface area contributed by atoms with E-state index in [0.717, 1.165) is 12.8 Å². The van der Waals surface area contributed by atoms with Crippen molar-refractivity contribution in [3.05, 3.63) is 22.2 Å². The largest absolute Gasteiger partial charge is 0.340 e. The fourth-order valence-electron chi connectivity index (χ4n) is 2.23. The molecule has 0 saturated heterocycles. The quantitative estimate of drug-likeness (QED) is 0.598. The van der Waals surface area contributed by atoms with Gasteiger partial charge in [-0.1, -0.05) is 18.6 Å². The molecule has 0 amide bonds. The van der Waals surface area contributed by atoms with Crippen molar-refractivity contribution in [3.63, 3.8) is 0 Å². The molecule has 88 valence electrons. The molecule has 2 aromatic rings. The molecule has 2 heterocycles. The first-order valence-corrected chi connectivity index (χ1v) is 6.23. The van der Waals surface area contributed by atoms with Crippen LogP contribution in [0.5, 0.6) is 0 Å². The molecular weight excluding hydrogens is 234 g/mol. The first-order valence-electron chi connectivity index (χ1n) is 5.82. The van der Waals surface area contributed by atoms with Gasteiger partial charge in [0, 0.05) is 11.3 Å². The SMILES string of the molecule is S=c1nc(-c2ncn[nH]2)[nH]c2c1CCCCC2. The van der Waals surface area contributed by atoms with Crippen LogP contribution in [0.2, 0.25) is 0 Å². The monoisotopic (exact) mass is 247 g/mol. The molecule has 0 aromatic carbocycles. The van der Waals surface area contributed by atoms with Crippen molar-refractivity contribution in [2.75, 3.05) is 0 Å². The smallest absolute Gasteiger partial charge is 0.191 e. The van der Waals surface area contributed by atoms with Crippen LogP contribution in [0, 0.1) is 4.64 Å². The predicted molar refractivity (Wildman–Crippen MR) is 66.1 cm³/mol. The molecular formula is C11H13N5S. The number of aryl methyl sites for hydroxylation is 1. The number of rotatable bonds is 1. The Bertz CT molecular complexity index is 572. The molecule has 0 atom stereocenters. The van der Waals surface area contributed by atoms with E-state index >= 15 is 0 Å². The first-order chi connectivity index (χ1) is 8.34. The highest BCUT2D eigenvalue weighted by Crippen LogP contribution is 2.21. The zero-order chi connectivity index (χ0) is 11.7. The Balaban J connectivity index is 2.12. The highest BCUT2D eigenvalue weighted by Gasteiger charge is 2.13. The zero-order valence-corrected chi connectivity index (χ0v) is 10.2. The standard InChI is InChI=1S/C11H13N5S/c17-11-7-4-2-1-3-5-8(7)14-10(15-11)9-12-6-13-16-9/h6H,1-5H2,(H,12,13,16)(H,14,15,17). The Labute approximate surface area is 104 Å². The zero-order valence-electron chi connectivity index (χ0n) is 9.36. The van der Waals surface area contributed by atoms with Crippen molar-refractivity contribution in [1.29, 1.82) is 0 Å². The summed E-state index contributed by atoms with van der Waals surface area (Å²) >= 11 is 5.37. The lowest BCUT2D eigenvalue weighted by Gasteiger charge is -2.07. The van der Waals surface area contributed by atoms with Gasteiger partial charge in [0.15, 0.2) is 11.6 Å². The summed E-state index contributed by atoms with van der Waals surface area (Å²) in [7, 11) is 0. The van der Waals surface area contributed by atoms with Gasteiger partial charge in [0.25, 0.3) is 0 Å². The Morgan fingerprint density at radius 2 is 2.00 bits per heavy atom. The van der Waals surface area contributed by atoms with Crippen LogP contribution >= 0.6 is 12.2 Å². The summed E-state index contributed by atoms with van der Waals surface area (Å²) in [6.07, 6.45) is 7.22. The lowest BCUT2D eigenvalue weighted by Crippen LogP contribution is -2.02. The van der Waals surface area contributed by atoms with Gasteiger partial charge in [-0.05, 0) is 25.7 Å². The molecule has 3 rings (SSSR count). The van der Waals surface area contributed by atoms with Crippen molar-refractivity contribution < 1.29 is 0 Å². The topological polar surface area (TPSA) is 70.2 Å². The summed E-state index contributed by atoms with van der Waals surface area (Å²) in [5.41, 5.74) is 2.43. The normalized spacial score (nSPS) is 15.3. The van der Waals surface area contributed by atoms with Crippen molar-refractivity contribution >= 4 is 12.2 Å². The fraction of sp³-hybridized carbons (Fsp3) is 0.455. The lowest BCUT2D eigenvalue weighted by atomic mass is 10.1. The van der Waals surface area contributed by atoms with Crippen molar-refractivity contribution in [3.8, 4) is 11.6 Å². The number of H-pyrrole nitrogens is 2. The Morgan fingerprint density at radius 3 is 2.82 bits per heavy atom. The molecule has 0 fully saturated rings. The number of aromatic nitrogens is 5. The minimum atomic E-state index is 0.642. The number of nitrogens with one attached hydrogen (secondary N) is 2. The van der Waals surface area contributed by atoms with Crippen LogP contribution < -0.4 is 0 Å². The third-order valence-electron chi connectivity index (χ3n) is 3.10. The molecule has 2 N–H and O–H groups in total. The molecule has 17 heavy (non-hydrogen) atoms. The van der Waals surface area contributed by atoms with Crippen LogP contribution in [0.3, 0.4) is 0 Å². The van der Waals surface area contributed by atoms with Crippen LogP contribution in [-0.2, 0) is 12.8 Å². The van der Waals surface area contributed by atoms with E-state index in [-0.39, 0.29) is 0 Å². The number of hydrogen-bond donors (Lipinski definition) is 2. The summed E-state index contributed by atoms with van der Waals surface area (Å²) in [6.45, 7) is 0. The molecule has 0 radical (unpaired) electrons. The molecule has 1 aliphatic rings. The minimum absolute atomic E-state index is 0.642. The molecule has 0 unspecified atom stereocenters. The van der Waals surface area contributed by atoms with E-state index in [0.29, 0.717) is 16.3 Å². The van der Waals surface area contributed by atoms with Gasteiger partial charge in [-0.3, -0.25) is 5.10 Å². The van der Waals surface area contributed by atoms with E-state index in [1.807, 2.05) is 0 Å². The maximum absolute atomic E-state index is 5.37. The van der Waals surface area contributed by atoms with Gasteiger partial charge in [-0.25, -0.2) is 9.97 Å². The van der Waals surface area contributed by atoms with Gasteiger partial charge in [0.1, 0.15) is 11.0 Å². The number of nitrogens with zero attached hydrogens (tertiary/aromatic N) is 3. The number of aromatic amines is 2. The van der Waals surface area contributed by atoms with Crippen LogP contribution in [0.4, 0.5) is 0 Å². The molecule has 0 aliphatic heterocycles. The number of hydrogen-bond acceptors (Lipinski definition) is 4. The van der Waals surface area contributed by atoms with E-state index < -0.39 is 0 Å². The summed E-state index contributed by atoms with van der Waals surface area (Å²) in [6, 6.07) is 0. The van der Waals surface area contributed by atoms with E-state index in [4.69, 9.17) is 12.2 Å². The average molecular weight is 247 g/mol. The van der Waals surface area contributed by atoms with E-state index in [9.17, 15) is 0 Å². The second kappa shape index (κ2) is 4.37. The van der Waals surface area contributed by atoms with E-state index in [2.05, 4.69) is 25.1 Å². The molecule has 0 saturated carbocycles. The molecule has 1 aliphatic carbocycles. The summed E-state index contributed by atoms with van der Waals surface area (Å²) < 4.78 is 0.701. The number of fused-ring (bicyclic) bond motifs is 1. The van der Waals surface area contributed by atoms with Crippen molar-refractivity contribution in [2.24, 2.45) is 0 Å². The molecule has 6 heteroatoms. The van der Waals surface area contributed by atoms with Gasteiger partial charge in [-0.15, -0.1) is 0 Å². The van der Waals surface area contributed by atoms with Crippen molar-refractivity contribution in [2.45, 2.75) is 32.1 Å². The van der Waals surface area contributed by atoms with Crippen LogP contribution in [0.25, 0.3) is 11.6 Å². The first kappa shape index (κ1) is 10.6. The van der Waals surface area contributed by atoms with Crippen LogP contribution in [0.1, 0.15) is 30.5 Å².